The topological polar surface area (TPSA) is 41.6 Å². The normalized spacial score (nSPS) is 29.4. The molecule has 2 heterocycles. The first-order chi connectivity index (χ1) is 8.66. The number of ether oxygens (including phenoxy) is 1. The fourth-order valence-electron chi connectivity index (χ4n) is 2.96. The molecule has 18 heavy (non-hydrogen) atoms. The molecule has 0 aliphatic carbocycles. The van der Waals surface area contributed by atoms with Crippen molar-refractivity contribution in [2.75, 3.05) is 20.1 Å². The minimum absolute atomic E-state index is 0.282. The maximum Gasteiger partial charge on any atom is 0.222 e. The molecule has 0 saturated carbocycles. The first kappa shape index (κ1) is 13.8. The van der Waals surface area contributed by atoms with Crippen molar-refractivity contribution >= 4 is 5.91 Å². The highest BCUT2D eigenvalue weighted by atomic mass is 16.5. The lowest BCUT2D eigenvalue weighted by molar-refractivity contribution is -0.133. The molecule has 4 heteroatoms. The molecule has 0 radical (unpaired) electrons. The third-order valence-electron chi connectivity index (χ3n) is 4.25. The molecule has 104 valence electrons. The van der Waals surface area contributed by atoms with Gasteiger partial charge in [0.05, 0.1) is 12.2 Å². The Morgan fingerprint density at radius 3 is 2.61 bits per heavy atom. The molecule has 2 atom stereocenters. The zero-order valence-corrected chi connectivity index (χ0v) is 11.7. The Balaban J connectivity index is 1.70. The average Bonchev–Trinajstić information content (AvgIpc) is 2.82. The highest BCUT2D eigenvalue weighted by molar-refractivity contribution is 5.76. The van der Waals surface area contributed by atoms with Crippen molar-refractivity contribution in [2.45, 2.75) is 63.7 Å². The molecular weight excluding hydrogens is 228 g/mol. The van der Waals surface area contributed by atoms with E-state index in [0.717, 1.165) is 45.2 Å². The number of hydrogen-bond donors (Lipinski definition) is 1. The van der Waals surface area contributed by atoms with Gasteiger partial charge in [0.2, 0.25) is 5.91 Å². The standard InChI is InChI=1S/C14H26N2O2/c1-11-3-4-13(18-11)5-6-14(17)16(2)12-7-9-15-10-8-12/h11-13,15H,3-10H2,1-2H3. The second-order valence-corrected chi connectivity index (χ2v) is 5.67. The smallest absolute Gasteiger partial charge is 0.222 e. The summed E-state index contributed by atoms with van der Waals surface area (Å²) in [6.07, 6.45) is 6.64. The molecule has 0 spiro atoms. The molecule has 0 aromatic carbocycles. The zero-order valence-electron chi connectivity index (χ0n) is 11.7. The average molecular weight is 254 g/mol. The van der Waals surface area contributed by atoms with Crippen LogP contribution in [0.5, 0.6) is 0 Å². The lowest BCUT2D eigenvalue weighted by Crippen LogP contribution is -2.44. The number of amides is 1. The van der Waals surface area contributed by atoms with Crippen LogP contribution in [0.1, 0.15) is 45.4 Å². The summed E-state index contributed by atoms with van der Waals surface area (Å²) >= 11 is 0. The van der Waals surface area contributed by atoms with Crippen LogP contribution in [0.4, 0.5) is 0 Å². The third-order valence-corrected chi connectivity index (χ3v) is 4.25. The van der Waals surface area contributed by atoms with Crippen LogP contribution in [0.15, 0.2) is 0 Å². The van der Waals surface area contributed by atoms with Gasteiger partial charge in [-0.2, -0.15) is 0 Å². The SMILES string of the molecule is CC1CCC(CCC(=O)N(C)C2CCNCC2)O1. The van der Waals surface area contributed by atoms with E-state index in [9.17, 15) is 4.79 Å². The van der Waals surface area contributed by atoms with Crippen molar-refractivity contribution in [3.63, 3.8) is 0 Å². The van der Waals surface area contributed by atoms with E-state index in [2.05, 4.69) is 12.2 Å². The van der Waals surface area contributed by atoms with Crippen molar-refractivity contribution in [2.24, 2.45) is 0 Å². The van der Waals surface area contributed by atoms with E-state index in [4.69, 9.17) is 4.74 Å². The van der Waals surface area contributed by atoms with Crippen molar-refractivity contribution in [1.29, 1.82) is 0 Å². The Bertz CT molecular complexity index is 277. The van der Waals surface area contributed by atoms with E-state index >= 15 is 0 Å². The van der Waals surface area contributed by atoms with Crippen molar-refractivity contribution in [3.8, 4) is 0 Å². The van der Waals surface area contributed by atoms with Gasteiger partial charge in [-0.3, -0.25) is 4.79 Å². The number of nitrogens with zero attached hydrogens (tertiary/aromatic N) is 1. The summed E-state index contributed by atoms with van der Waals surface area (Å²) < 4.78 is 5.76. The maximum absolute atomic E-state index is 12.1. The summed E-state index contributed by atoms with van der Waals surface area (Å²) in [5, 5.41) is 3.33. The zero-order chi connectivity index (χ0) is 13.0. The molecule has 1 amide bonds. The molecule has 2 rings (SSSR count). The third kappa shape index (κ3) is 3.69. The van der Waals surface area contributed by atoms with Gasteiger partial charge in [0.1, 0.15) is 0 Å². The van der Waals surface area contributed by atoms with Crippen LogP contribution in [-0.2, 0) is 9.53 Å². The lowest BCUT2D eigenvalue weighted by Gasteiger charge is -2.32. The fourth-order valence-corrected chi connectivity index (χ4v) is 2.96. The first-order valence-electron chi connectivity index (χ1n) is 7.28. The molecule has 2 aliphatic rings. The van der Waals surface area contributed by atoms with Crippen LogP contribution >= 0.6 is 0 Å². The molecule has 4 nitrogen and oxygen atoms in total. The molecule has 2 unspecified atom stereocenters. The largest absolute Gasteiger partial charge is 0.375 e. The van der Waals surface area contributed by atoms with E-state index in [1.807, 2.05) is 11.9 Å². The van der Waals surface area contributed by atoms with Crippen LogP contribution in [-0.4, -0.2) is 49.2 Å². The summed E-state index contributed by atoms with van der Waals surface area (Å²) in [6.45, 7) is 4.18. The number of carbonyl (C=O) groups is 1. The van der Waals surface area contributed by atoms with E-state index < -0.39 is 0 Å². The van der Waals surface area contributed by atoms with E-state index in [1.165, 1.54) is 0 Å². The number of rotatable bonds is 4. The Morgan fingerprint density at radius 1 is 1.28 bits per heavy atom. The minimum Gasteiger partial charge on any atom is -0.375 e. The van der Waals surface area contributed by atoms with Crippen LogP contribution in [0.2, 0.25) is 0 Å². The predicted molar refractivity (Wildman–Crippen MR) is 71.5 cm³/mol. The number of carbonyl (C=O) groups excluding carboxylic acids is 1. The first-order valence-corrected chi connectivity index (χ1v) is 7.28. The van der Waals surface area contributed by atoms with Gasteiger partial charge >= 0.3 is 0 Å². The van der Waals surface area contributed by atoms with Gasteiger partial charge in [-0.15, -0.1) is 0 Å². The highest BCUT2D eigenvalue weighted by Gasteiger charge is 2.25. The minimum atomic E-state index is 0.282. The van der Waals surface area contributed by atoms with E-state index in [1.54, 1.807) is 0 Å². The summed E-state index contributed by atoms with van der Waals surface area (Å²) in [4.78, 5) is 14.1. The van der Waals surface area contributed by atoms with Gasteiger partial charge in [0, 0.05) is 19.5 Å². The van der Waals surface area contributed by atoms with Crippen LogP contribution in [0.25, 0.3) is 0 Å². The molecule has 0 aromatic rings. The molecular formula is C14H26N2O2. The second-order valence-electron chi connectivity index (χ2n) is 5.67. The quantitative estimate of drug-likeness (QED) is 0.827. The maximum atomic E-state index is 12.1. The van der Waals surface area contributed by atoms with Crippen molar-refractivity contribution in [3.05, 3.63) is 0 Å². The molecule has 2 saturated heterocycles. The van der Waals surface area contributed by atoms with Crippen LogP contribution in [0.3, 0.4) is 0 Å². The lowest BCUT2D eigenvalue weighted by atomic mass is 10.0. The molecule has 2 fully saturated rings. The predicted octanol–water partition coefficient (Wildman–Crippen LogP) is 1.54. The van der Waals surface area contributed by atoms with Gasteiger partial charge in [-0.25, -0.2) is 0 Å². The monoisotopic (exact) mass is 254 g/mol. The van der Waals surface area contributed by atoms with Gasteiger partial charge in [0.25, 0.3) is 0 Å². The molecule has 2 aliphatic heterocycles. The Morgan fingerprint density at radius 2 is 2.00 bits per heavy atom. The van der Waals surface area contributed by atoms with Gasteiger partial charge in [-0.05, 0) is 52.1 Å². The van der Waals surface area contributed by atoms with Gasteiger partial charge < -0.3 is 15.0 Å². The second kappa shape index (κ2) is 6.53. The fraction of sp³-hybridized carbons (Fsp3) is 0.929. The molecule has 0 aromatic heterocycles. The summed E-state index contributed by atoms with van der Waals surface area (Å²) in [5.41, 5.74) is 0. The van der Waals surface area contributed by atoms with E-state index in [-0.39, 0.29) is 5.91 Å². The summed E-state index contributed by atoms with van der Waals surface area (Å²) in [5.74, 6) is 0.282. The van der Waals surface area contributed by atoms with Crippen LogP contribution in [0, 0.1) is 0 Å². The van der Waals surface area contributed by atoms with Gasteiger partial charge in [0.15, 0.2) is 0 Å². The highest BCUT2D eigenvalue weighted by Crippen LogP contribution is 2.23. The molecule has 0 bridgehead atoms. The van der Waals surface area contributed by atoms with E-state index in [0.29, 0.717) is 24.7 Å². The van der Waals surface area contributed by atoms with Crippen molar-refractivity contribution in [1.82, 2.24) is 10.2 Å². The number of nitrogens with one attached hydrogen (secondary N) is 1. The Kier molecular flexibility index (Phi) is 5.01. The summed E-state index contributed by atoms with van der Waals surface area (Å²) in [7, 11) is 1.95. The molecule has 1 N–H and O–H groups in total. The van der Waals surface area contributed by atoms with Gasteiger partial charge in [-0.1, -0.05) is 0 Å². The Hall–Kier alpha value is -0.610. The Labute approximate surface area is 110 Å². The van der Waals surface area contributed by atoms with Crippen LogP contribution < -0.4 is 5.32 Å². The number of piperidine rings is 1. The summed E-state index contributed by atoms with van der Waals surface area (Å²) in [6, 6.07) is 0.433. The number of hydrogen-bond acceptors (Lipinski definition) is 3. The van der Waals surface area contributed by atoms with Crippen molar-refractivity contribution < 1.29 is 9.53 Å².